The van der Waals surface area contributed by atoms with Gasteiger partial charge in [0.2, 0.25) is 17.7 Å². The molecule has 0 spiro atoms. The summed E-state index contributed by atoms with van der Waals surface area (Å²) >= 11 is 7.07. The highest BCUT2D eigenvalue weighted by molar-refractivity contribution is 7.81. The number of likely N-dealkylation sites (tertiary alicyclic amines) is 1. The van der Waals surface area contributed by atoms with Crippen LogP contribution in [0.25, 0.3) is 21.7 Å². The van der Waals surface area contributed by atoms with E-state index in [1.54, 1.807) is 27.8 Å². The van der Waals surface area contributed by atoms with Crippen molar-refractivity contribution >= 4 is 63.7 Å². The molecule has 2 aliphatic rings. The number of carbonyl (C=O) groups is 4. The highest BCUT2D eigenvalue weighted by atomic mass is 32.1. The van der Waals surface area contributed by atoms with Gasteiger partial charge < -0.3 is 29.9 Å². The number of aromatic nitrogens is 2. The number of anilines is 2. The maximum atomic E-state index is 15.4. The molecule has 2 aromatic heterocycles. The van der Waals surface area contributed by atoms with Crippen molar-refractivity contribution in [2.24, 2.45) is 5.41 Å². The number of hydrogen-bond donors (Lipinski definition) is 2. The number of thiocarbonyl (C=S) groups is 1. The van der Waals surface area contributed by atoms with E-state index >= 15 is 8.78 Å². The van der Waals surface area contributed by atoms with Gasteiger partial charge in [-0.3, -0.25) is 29.1 Å². The normalized spacial score (nSPS) is 16.1. The molecule has 2 saturated heterocycles. The number of ether oxygens (including phenoxy) is 2. The quantitative estimate of drug-likeness (QED) is 0.0517. The van der Waals surface area contributed by atoms with Crippen LogP contribution in [0.3, 0.4) is 0 Å². The molecule has 0 saturated carbocycles. The van der Waals surface area contributed by atoms with Gasteiger partial charge in [0, 0.05) is 25.3 Å². The average molecular weight is 1050 g/mol. The fourth-order valence-corrected chi connectivity index (χ4v) is 9.98. The van der Waals surface area contributed by atoms with Crippen LogP contribution >= 0.6 is 23.6 Å². The van der Waals surface area contributed by atoms with Gasteiger partial charge in [0.1, 0.15) is 29.8 Å². The first-order chi connectivity index (χ1) is 34.5. The summed E-state index contributed by atoms with van der Waals surface area (Å²) in [5.74, 6) is -4.41. The number of nitriles is 1. The predicted molar refractivity (Wildman–Crippen MR) is 268 cm³/mol. The molecular formula is C52H53F5N8O6S2. The molecule has 7 rings (SSSR count). The highest BCUT2D eigenvalue weighted by Crippen LogP contribution is 2.42. The number of pyridine rings is 1. The van der Waals surface area contributed by atoms with Gasteiger partial charge in [-0.05, 0) is 118 Å². The molecule has 2 atom stereocenters. The molecule has 0 bridgehead atoms. The van der Waals surface area contributed by atoms with E-state index in [9.17, 15) is 37.6 Å². The van der Waals surface area contributed by atoms with Gasteiger partial charge in [0.25, 0.3) is 5.91 Å². The van der Waals surface area contributed by atoms with Crippen LogP contribution in [0.2, 0.25) is 0 Å². The molecule has 384 valence electrons. The second-order valence-corrected chi connectivity index (χ2v) is 20.4. The Morgan fingerprint density at radius 1 is 0.986 bits per heavy atom. The summed E-state index contributed by atoms with van der Waals surface area (Å²) in [6.45, 7) is 11.1. The van der Waals surface area contributed by atoms with Crippen molar-refractivity contribution < 1.29 is 50.6 Å². The van der Waals surface area contributed by atoms with Gasteiger partial charge in [0.05, 0.1) is 57.6 Å². The van der Waals surface area contributed by atoms with Crippen LogP contribution in [0, 0.1) is 35.3 Å². The first kappa shape index (κ1) is 53.9. The molecule has 5 aromatic rings. The minimum Gasteiger partial charge on any atom is -0.491 e. The summed E-state index contributed by atoms with van der Waals surface area (Å²) < 4.78 is 83.3. The Morgan fingerprint density at radius 2 is 1.70 bits per heavy atom. The number of rotatable bonds is 17. The van der Waals surface area contributed by atoms with Crippen molar-refractivity contribution in [1.29, 1.82) is 5.26 Å². The van der Waals surface area contributed by atoms with Crippen molar-refractivity contribution in [1.82, 2.24) is 25.5 Å². The second-order valence-electron chi connectivity index (χ2n) is 19.1. The largest absolute Gasteiger partial charge is 0.491 e. The number of benzene rings is 3. The molecular weight excluding hydrogens is 992 g/mol. The number of thiazole rings is 1. The lowest BCUT2D eigenvalue weighted by Crippen LogP contribution is -2.58. The zero-order valence-electron chi connectivity index (χ0n) is 40.9. The number of alkyl halides is 3. The van der Waals surface area contributed by atoms with E-state index in [4.69, 9.17) is 21.7 Å². The molecule has 21 heteroatoms. The number of unbranched alkanes of at least 4 members (excludes halogenated alkanes) is 1. The van der Waals surface area contributed by atoms with Crippen LogP contribution in [0.5, 0.6) is 5.75 Å². The number of amides is 4. The van der Waals surface area contributed by atoms with Crippen LogP contribution < -0.4 is 25.2 Å². The van der Waals surface area contributed by atoms with Crippen LogP contribution in [0.1, 0.15) is 82.7 Å². The molecule has 1 unspecified atom stereocenters. The second kappa shape index (κ2) is 22.1. The molecule has 4 heterocycles. The predicted octanol–water partition coefficient (Wildman–Crippen LogP) is 9.28. The van der Waals surface area contributed by atoms with Gasteiger partial charge in [-0.2, -0.15) is 18.4 Å². The molecule has 2 fully saturated rings. The standard InChI is InChI=1S/C52H53F5N8O6S2/c1-30-44(73-29-61-30)32-13-11-31(12-14-32)26-60-46(67)39-10-9-21-63(39)47(68)45(50(2,3)4)62-41(66)28-70-22-7-8-23-71-40-20-16-33(24-36(40)53)37-18-17-35(27-59-37)65-49(72)64(48(69)51(65,5)6)38-19-15-34(25-58)42(43(38)54)52(55,56)57/h11-20,24,27,29,39,45H,7-10,21-23,26,28H2,1-6H3,(H,60,67)(H,62,66)/t39-,45?/m0/s1. The molecule has 14 nitrogen and oxygen atoms in total. The smallest absolute Gasteiger partial charge is 0.420 e. The maximum Gasteiger partial charge on any atom is 0.420 e. The third-order valence-electron chi connectivity index (χ3n) is 12.5. The molecule has 2 aliphatic heterocycles. The van der Waals surface area contributed by atoms with Gasteiger partial charge in [-0.1, -0.05) is 45.0 Å². The summed E-state index contributed by atoms with van der Waals surface area (Å²) in [5.41, 5.74) is -0.00423. The zero-order valence-corrected chi connectivity index (χ0v) is 42.5. The van der Waals surface area contributed by atoms with Gasteiger partial charge in [-0.15, -0.1) is 11.3 Å². The van der Waals surface area contributed by atoms with Gasteiger partial charge in [-0.25, -0.2) is 13.8 Å². The topological polar surface area (TPSA) is 170 Å². The minimum atomic E-state index is -5.22. The van der Waals surface area contributed by atoms with Crippen molar-refractivity contribution in [3.63, 3.8) is 0 Å². The lowest BCUT2D eigenvalue weighted by molar-refractivity contribution is -0.144. The first-order valence-electron chi connectivity index (χ1n) is 23.3. The number of halogens is 5. The van der Waals surface area contributed by atoms with Crippen LogP contribution in [0.15, 0.2) is 78.4 Å². The average Bonchev–Trinajstić information content (AvgIpc) is 4.05. The number of carbonyl (C=O) groups excluding carboxylic acids is 4. The van der Waals surface area contributed by atoms with E-state index in [2.05, 4.69) is 20.6 Å². The van der Waals surface area contributed by atoms with Crippen molar-refractivity contribution in [3.8, 4) is 33.5 Å². The Labute approximate surface area is 428 Å². The molecule has 2 N–H and O–H groups in total. The molecule has 0 radical (unpaired) electrons. The Balaban J connectivity index is 0.854. The molecule has 0 aliphatic carbocycles. The fourth-order valence-electron chi connectivity index (χ4n) is 8.65. The lowest BCUT2D eigenvalue weighted by atomic mass is 9.85. The molecule has 73 heavy (non-hydrogen) atoms. The lowest BCUT2D eigenvalue weighted by Gasteiger charge is -2.35. The van der Waals surface area contributed by atoms with Crippen LogP contribution in [-0.4, -0.2) is 87.6 Å². The Kier molecular flexibility index (Phi) is 16.3. The highest BCUT2D eigenvalue weighted by Gasteiger charge is 2.52. The SMILES string of the molecule is Cc1ncsc1-c1ccc(CNC(=O)[C@@H]2CCCN2C(=O)C(NC(=O)COCCCCOc2ccc(-c3ccc(N4C(=S)N(c5ccc(C#N)c(C(F)(F)F)c5F)C(=O)C4(C)C)cn3)cc2F)C(C)(C)C)cc1. The van der Waals surface area contributed by atoms with E-state index in [0.717, 1.165) is 33.8 Å². The number of hydrogen-bond acceptors (Lipinski definition) is 11. The first-order valence-corrected chi connectivity index (χ1v) is 24.6. The van der Waals surface area contributed by atoms with E-state index in [0.29, 0.717) is 54.9 Å². The van der Waals surface area contributed by atoms with Crippen molar-refractivity contribution in [2.75, 3.05) is 36.2 Å². The van der Waals surface area contributed by atoms with E-state index in [1.165, 1.54) is 55.3 Å². The number of aryl methyl sites for hydroxylation is 1. The molecule has 4 amide bonds. The third kappa shape index (κ3) is 11.8. The summed E-state index contributed by atoms with van der Waals surface area (Å²) in [6.07, 6.45) is -1.79. The Hall–Kier alpha value is -6.89. The monoisotopic (exact) mass is 1040 g/mol. The zero-order chi connectivity index (χ0) is 53.0. The Bertz CT molecular complexity index is 2940. The summed E-state index contributed by atoms with van der Waals surface area (Å²) in [7, 11) is 0. The van der Waals surface area contributed by atoms with E-state index < -0.39 is 69.5 Å². The van der Waals surface area contributed by atoms with E-state index in [-0.39, 0.29) is 48.2 Å². The van der Waals surface area contributed by atoms with Gasteiger partial charge >= 0.3 is 6.18 Å². The van der Waals surface area contributed by atoms with Crippen molar-refractivity contribution in [2.45, 2.75) is 97.6 Å². The minimum absolute atomic E-state index is 0.0179. The number of nitrogens with one attached hydrogen (secondary N) is 2. The summed E-state index contributed by atoms with van der Waals surface area (Å²) in [5, 5.41) is 14.7. The Morgan fingerprint density at radius 3 is 2.33 bits per heavy atom. The summed E-state index contributed by atoms with van der Waals surface area (Å²) in [4.78, 5) is 67.3. The molecule has 3 aromatic carbocycles. The van der Waals surface area contributed by atoms with Crippen LogP contribution in [0.4, 0.5) is 33.3 Å². The maximum absolute atomic E-state index is 15.4. The van der Waals surface area contributed by atoms with Crippen LogP contribution in [-0.2, 0) is 36.6 Å². The summed E-state index contributed by atoms with van der Waals surface area (Å²) in [6, 6.07) is 16.6. The fraction of sp³-hybridized carbons (Fsp3) is 0.385. The van der Waals surface area contributed by atoms with Gasteiger partial charge in [0.15, 0.2) is 22.5 Å². The third-order valence-corrected chi connectivity index (χ3v) is 13.9. The van der Waals surface area contributed by atoms with Crippen molar-refractivity contribution in [3.05, 3.63) is 112 Å². The number of nitrogens with zero attached hydrogens (tertiary/aromatic N) is 6. The van der Waals surface area contributed by atoms with E-state index in [1.807, 2.05) is 52.0 Å².